The van der Waals surface area contributed by atoms with Crippen molar-refractivity contribution in [2.75, 3.05) is 13.2 Å². The first kappa shape index (κ1) is 42.2. The van der Waals surface area contributed by atoms with Gasteiger partial charge in [0, 0.05) is 55.3 Å². The molecule has 0 radical (unpaired) electrons. The van der Waals surface area contributed by atoms with E-state index in [4.69, 9.17) is 18.9 Å². The number of carbonyl (C=O) groups is 6. The second-order valence-corrected chi connectivity index (χ2v) is 16.9. The fraction of sp³-hybridized carbons (Fsp3) is 0.316. The van der Waals surface area contributed by atoms with Gasteiger partial charge in [0.15, 0.2) is 10.3 Å². The van der Waals surface area contributed by atoms with Crippen molar-refractivity contribution in [3.63, 3.8) is 0 Å². The number of carbonyl (C=O) groups excluding carboxylic acids is 6. The zero-order chi connectivity index (χ0) is 41.7. The molecule has 0 saturated heterocycles. The number of esters is 2. The minimum Gasteiger partial charge on any atom is -0.488 e. The Morgan fingerprint density at radius 2 is 1.03 bits per heavy atom. The average Bonchev–Trinajstić information content (AvgIpc) is 3.95. The fourth-order valence-electron chi connectivity index (χ4n) is 5.95. The largest absolute Gasteiger partial charge is 0.488 e. The van der Waals surface area contributed by atoms with Gasteiger partial charge in [0.25, 0.3) is 0 Å². The Kier molecular flexibility index (Phi) is 13.4. The molecule has 2 aliphatic rings. The Hall–Kier alpha value is -5.44. The molecule has 4 amide bonds. The Bertz CT molecular complexity index is 2200. The van der Waals surface area contributed by atoms with E-state index in [9.17, 15) is 28.8 Å². The molecule has 0 aliphatic carbocycles. The lowest BCUT2D eigenvalue weighted by Gasteiger charge is -2.22. The molecule has 4 heterocycles. The van der Waals surface area contributed by atoms with Crippen LogP contribution in [0.3, 0.4) is 0 Å². The molecule has 304 valence electrons. The molecule has 2 aliphatic heterocycles. The Labute approximate surface area is 349 Å². The first-order valence-corrected chi connectivity index (χ1v) is 21.2. The van der Waals surface area contributed by atoms with E-state index >= 15 is 0 Å². The molecule has 20 heteroatoms. The highest BCUT2D eigenvalue weighted by molar-refractivity contribution is 8.14. The lowest BCUT2D eigenvalue weighted by Crippen LogP contribution is -2.25. The summed E-state index contributed by atoms with van der Waals surface area (Å²) < 4.78 is 24.5. The number of fused-ring (bicyclic) bond motifs is 1. The normalized spacial score (nSPS) is 16.1. The second-order valence-electron chi connectivity index (χ2n) is 12.4. The first-order chi connectivity index (χ1) is 27.8. The van der Waals surface area contributed by atoms with Gasteiger partial charge in [-0.25, -0.2) is 19.6 Å². The number of para-hydroxylation sites is 2. The van der Waals surface area contributed by atoms with Crippen LogP contribution in [0.15, 0.2) is 58.7 Å². The SMILES string of the molecule is CCOC(=O)c1sc2sc(C(=O)OCC)c(COc3ccccc3C3SC(NC(C)=O)=NN3C(C)=O)c2c1COc1ccccc1C1SC(NC(C)=O)=NN1C(C)=O. The highest BCUT2D eigenvalue weighted by atomic mass is 32.2. The number of amidine groups is 2. The predicted molar refractivity (Wildman–Crippen MR) is 221 cm³/mol. The van der Waals surface area contributed by atoms with Crippen molar-refractivity contribution in [1.29, 1.82) is 0 Å². The van der Waals surface area contributed by atoms with E-state index in [0.29, 0.717) is 43.2 Å². The molecular weight excluding hydrogens is 829 g/mol. The molecule has 0 saturated carbocycles. The smallest absolute Gasteiger partial charge is 0.348 e. The summed E-state index contributed by atoms with van der Waals surface area (Å²) in [6.07, 6.45) is 0. The molecule has 2 aromatic carbocycles. The van der Waals surface area contributed by atoms with E-state index in [2.05, 4.69) is 20.8 Å². The van der Waals surface area contributed by atoms with Crippen LogP contribution in [0.2, 0.25) is 0 Å². The third kappa shape index (κ3) is 9.14. The number of amides is 4. The minimum absolute atomic E-state index is 0.120. The third-order valence-corrected chi connectivity index (χ3v) is 13.0. The number of thioether (sulfide) groups is 2. The van der Waals surface area contributed by atoms with Crippen LogP contribution in [-0.4, -0.2) is 69.1 Å². The number of hydrogen-bond acceptors (Lipinski definition) is 16. The Morgan fingerprint density at radius 1 is 0.638 bits per heavy atom. The first-order valence-electron chi connectivity index (χ1n) is 17.8. The van der Waals surface area contributed by atoms with E-state index in [1.165, 1.54) is 61.2 Å². The van der Waals surface area contributed by atoms with Crippen LogP contribution in [0.1, 0.15) is 93.9 Å². The quantitative estimate of drug-likeness (QED) is 0.148. The number of hydrazone groups is 2. The molecule has 58 heavy (non-hydrogen) atoms. The summed E-state index contributed by atoms with van der Waals surface area (Å²) in [4.78, 5) is 76.5. The van der Waals surface area contributed by atoms with Gasteiger partial charge >= 0.3 is 11.9 Å². The number of thiophene rings is 2. The topological polar surface area (TPSA) is 195 Å². The lowest BCUT2D eigenvalue weighted by atomic mass is 10.1. The van der Waals surface area contributed by atoms with Gasteiger partial charge in [-0.05, 0) is 26.0 Å². The van der Waals surface area contributed by atoms with Gasteiger partial charge in [0.2, 0.25) is 23.6 Å². The van der Waals surface area contributed by atoms with Gasteiger partial charge in [-0.15, -0.1) is 32.9 Å². The third-order valence-electron chi connectivity index (χ3n) is 8.28. The van der Waals surface area contributed by atoms with Crippen molar-refractivity contribution >= 4 is 101 Å². The number of benzene rings is 2. The van der Waals surface area contributed by atoms with E-state index < -0.39 is 22.7 Å². The maximum atomic E-state index is 13.5. The van der Waals surface area contributed by atoms with E-state index in [-0.39, 0.29) is 70.1 Å². The number of hydrogen-bond donors (Lipinski definition) is 2. The molecular formula is C38H38N6O10S4. The van der Waals surface area contributed by atoms with Crippen molar-refractivity contribution in [3.05, 3.63) is 80.5 Å². The zero-order valence-electron chi connectivity index (χ0n) is 32.1. The van der Waals surface area contributed by atoms with Gasteiger partial charge in [-0.1, -0.05) is 59.9 Å². The fourth-order valence-corrected chi connectivity index (χ4v) is 10.9. The second kappa shape index (κ2) is 18.4. The monoisotopic (exact) mass is 866 g/mol. The summed E-state index contributed by atoms with van der Waals surface area (Å²) in [5.41, 5.74) is 2.08. The van der Waals surface area contributed by atoms with Crippen LogP contribution >= 0.6 is 46.2 Å². The average molecular weight is 867 g/mol. The maximum absolute atomic E-state index is 13.5. The summed E-state index contributed by atoms with van der Waals surface area (Å²) in [6.45, 7) is 8.77. The summed E-state index contributed by atoms with van der Waals surface area (Å²) in [5, 5.41) is 16.1. The van der Waals surface area contributed by atoms with Crippen LogP contribution < -0.4 is 20.1 Å². The maximum Gasteiger partial charge on any atom is 0.348 e. The van der Waals surface area contributed by atoms with Crippen LogP contribution in [0.5, 0.6) is 11.5 Å². The molecule has 0 spiro atoms. The number of ether oxygens (including phenoxy) is 4. The highest BCUT2D eigenvalue weighted by Gasteiger charge is 2.36. The molecule has 0 bridgehead atoms. The van der Waals surface area contributed by atoms with Crippen LogP contribution in [0.25, 0.3) is 9.40 Å². The van der Waals surface area contributed by atoms with Gasteiger partial charge in [-0.2, -0.15) is 0 Å². The van der Waals surface area contributed by atoms with Crippen molar-refractivity contribution in [2.24, 2.45) is 10.2 Å². The van der Waals surface area contributed by atoms with E-state index in [0.717, 1.165) is 22.7 Å². The highest BCUT2D eigenvalue weighted by Crippen LogP contribution is 2.47. The van der Waals surface area contributed by atoms with Crippen molar-refractivity contribution in [2.45, 2.75) is 65.5 Å². The van der Waals surface area contributed by atoms with Crippen molar-refractivity contribution in [1.82, 2.24) is 20.7 Å². The zero-order valence-corrected chi connectivity index (χ0v) is 35.4. The number of nitrogens with one attached hydrogen (secondary N) is 2. The number of nitrogens with zero attached hydrogens (tertiary/aromatic N) is 4. The molecule has 6 rings (SSSR count). The predicted octanol–water partition coefficient (Wildman–Crippen LogP) is 6.48. The molecule has 2 atom stereocenters. The minimum atomic E-state index is -0.667. The van der Waals surface area contributed by atoms with Crippen LogP contribution in [0, 0.1) is 0 Å². The summed E-state index contributed by atoms with van der Waals surface area (Å²) in [6, 6.07) is 14.1. The summed E-state index contributed by atoms with van der Waals surface area (Å²) in [5.74, 6) is -1.75. The van der Waals surface area contributed by atoms with E-state index in [1.54, 1.807) is 62.4 Å². The van der Waals surface area contributed by atoms with Gasteiger partial charge in [0.05, 0.1) is 17.2 Å². The molecule has 16 nitrogen and oxygen atoms in total. The molecule has 2 unspecified atom stereocenters. The van der Waals surface area contributed by atoms with E-state index in [1.807, 2.05) is 0 Å². The molecule has 4 aromatic rings. The van der Waals surface area contributed by atoms with Gasteiger partial charge in [0.1, 0.15) is 45.2 Å². The Balaban J connectivity index is 1.38. The summed E-state index contributed by atoms with van der Waals surface area (Å²) >= 11 is 4.66. The number of rotatable bonds is 12. The molecule has 2 aromatic heterocycles. The van der Waals surface area contributed by atoms with Crippen LogP contribution in [-0.2, 0) is 41.9 Å². The standard InChI is InChI=1S/C38H38N6O10S4/c1-7-51-34(49)30-25(17-53-27-15-11-9-13-23(27)32-43(21(5)47)41-37(57-32)39-19(3)45)29-26(31(35(50)52-8-2)56-36(29)55-30)18-54-28-16-12-10-14-24(28)33-44(22(6)48)42-38(58-33)40-20(4)46/h9-16,32-33H,7-8,17-18H2,1-6H3,(H,39,41,45)(H,40,42,46). The molecule has 0 fully saturated rings. The van der Waals surface area contributed by atoms with Crippen LogP contribution in [0.4, 0.5) is 0 Å². The van der Waals surface area contributed by atoms with Gasteiger partial charge < -0.3 is 29.6 Å². The lowest BCUT2D eigenvalue weighted by molar-refractivity contribution is -0.130. The van der Waals surface area contributed by atoms with Gasteiger partial charge in [-0.3, -0.25) is 19.2 Å². The summed E-state index contributed by atoms with van der Waals surface area (Å²) in [7, 11) is 0. The van der Waals surface area contributed by atoms with Crippen molar-refractivity contribution in [3.8, 4) is 11.5 Å². The van der Waals surface area contributed by atoms with Crippen molar-refractivity contribution < 1.29 is 47.7 Å². The Morgan fingerprint density at radius 3 is 1.40 bits per heavy atom. The molecule has 2 N–H and O–H groups in total.